The van der Waals surface area contributed by atoms with Gasteiger partial charge in [-0.15, -0.1) is 11.3 Å². The van der Waals surface area contributed by atoms with Gasteiger partial charge < -0.3 is 10.4 Å². The molecule has 3 rings (SSSR count). The Morgan fingerprint density at radius 1 is 1.14 bits per heavy atom. The summed E-state index contributed by atoms with van der Waals surface area (Å²) >= 11 is 1.37. The van der Waals surface area contributed by atoms with Crippen LogP contribution in [0, 0.1) is 0 Å². The van der Waals surface area contributed by atoms with Gasteiger partial charge in [-0.3, -0.25) is 4.79 Å². The van der Waals surface area contributed by atoms with Crippen LogP contribution in [0.15, 0.2) is 54.6 Å². The molecule has 1 atom stereocenters. The summed E-state index contributed by atoms with van der Waals surface area (Å²) in [4.78, 5) is 16.4. The number of aliphatic hydroxyl groups is 1. The number of nitrogens with zero attached hydrogens (tertiary/aromatic N) is 1. The molecular formula is C17H16N2O2S. The Hall–Kier alpha value is -2.24. The maximum absolute atomic E-state index is 12.1. The molecule has 112 valence electrons. The Bertz CT molecular complexity index is 737. The number of hydrogen-bond donors (Lipinski definition) is 2. The van der Waals surface area contributed by atoms with E-state index in [-0.39, 0.29) is 5.91 Å². The minimum atomic E-state index is -0.572. The van der Waals surface area contributed by atoms with Crippen LogP contribution < -0.4 is 5.32 Å². The molecule has 0 radical (unpaired) electrons. The Morgan fingerprint density at radius 2 is 1.86 bits per heavy atom. The van der Waals surface area contributed by atoms with Crippen molar-refractivity contribution in [2.24, 2.45) is 0 Å². The van der Waals surface area contributed by atoms with Crippen LogP contribution >= 0.6 is 11.3 Å². The van der Waals surface area contributed by atoms with Gasteiger partial charge in [-0.2, -0.15) is 0 Å². The lowest BCUT2D eigenvalue weighted by Crippen LogP contribution is -2.25. The zero-order valence-corrected chi connectivity index (χ0v) is 12.7. The fourth-order valence-electron chi connectivity index (χ4n) is 2.21. The predicted molar refractivity (Wildman–Crippen MR) is 88.0 cm³/mol. The molecule has 1 aromatic heterocycles. The highest BCUT2D eigenvalue weighted by atomic mass is 32.1. The third-order valence-electron chi connectivity index (χ3n) is 3.38. The SMILES string of the molecule is O=C(NCC[C@@H](O)c1ccccc1)c1nc2ccccc2s1. The zero-order valence-electron chi connectivity index (χ0n) is 11.9. The molecule has 3 aromatic rings. The minimum Gasteiger partial charge on any atom is -0.388 e. The number of carbonyl (C=O) groups excluding carboxylic acids is 1. The second kappa shape index (κ2) is 6.68. The molecule has 0 saturated heterocycles. The molecule has 1 heterocycles. The topological polar surface area (TPSA) is 62.2 Å². The Morgan fingerprint density at radius 3 is 2.64 bits per heavy atom. The second-order valence-corrected chi connectivity index (χ2v) is 5.99. The van der Waals surface area contributed by atoms with Crippen molar-refractivity contribution in [3.8, 4) is 0 Å². The van der Waals surface area contributed by atoms with Gasteiger partial charge in [0.2, 0.25) is 0 Å². The first-order chi connectivity index (χ1) is 10.7. The summed E-state index contributed by atoms with van der Waals surface area (Å²) in [5.74, 6) is -0.193. The second-order valence-electron chi connectivity index (χ2n) is 4.96. The summed E-state index contributed by atoms with van der Waals surface area (Å²) in [6.45, 7) is 0.408. The highest BCUT2D eigenvalue weighted by molar-refractivity contribution is 7.20. The van der Waals surface area contributed by atoms with Gasteiger partial charge in [-0.25, -0.2) is 4.98 Å². The van der Waals surface area contributed by atoms with Crippen LogP contribution in [0.4, 0.5) is 0 Å². The number of para-hydroxylation sites is 1. The molecule has 1 amide bonds. The van der Waals surface area contributed by atoms with Crippen LogP contribution in [0.25, 0.3) is 10.2 Å². The smallest absolute Gasteiger partial charge is 0.280 e. The standard InChI is InChI=1S/C17H16N2O2S/c20-14(12-6-2-1-3-7-12)10-11-18-16(21)17-19-13-8-4-5-9-15(13)22-17/h1-9,14,20H,10-11H2,(H,18,21)/t14-/m1/s1. The molecule has 0 aliphatic rings. The molecule has 0 aliphatic heterocycles. The number of nitrogens with one attached hydrogen (secondary N) is 1. The molecule has 0 bridgehead atoms. The molecule has 0 unspecified atom stereocenters. The maximum Gasteiger partial charge on any atom is 0.280 e. The van der Waals surface area contributed by atoms with E-state index in [9.17, 15) is 9.90 Å². The molecule has 22 heavy (non-hydrogen) atoms. The Balaban J connectivity index is 1.56. The average molecular weight is 312 g/mol. The lowest BCUT2D eigenvalue weighted by atomic mass is 10.1. The maximum atomic E-state index is 12.1. The average Bonchev–Trinajstić information content (AvgIpc) is 2.99. The quantitative estimate of drug-likeness (QED) is 0.761. The zero-order chi connectivity index (χ0) is 15.4. The van der Waals surface area contributed by atoms with E-state index in [2.05, 4.69) is 10.3 Å². The van der Waals surface area contributed by atoms with Crippen molar-refractivity contribution >= 4 is 27.5 Å². The largest absolute Gasteiger partial charge is 0.388 e. The number of aliphatic hydroxyl groups excluding tert-OH is 1. The van der Waals surface area contributed by atoms with E-state index in [0.29, 0.717) is 18.0 Å². The molecular weight excluding hydrogens is 296 g/mol. The van der Waals surface area contributed by atoms with Crippen molar-refractivity contribution in [2.75, 3.05) is 6.54 Å². The normalized spacial score (nSPS) is 12.2. The summed E-state index contributed by atoms with van der Waals surface area (Å²) in [7, 11) is 0. The van der Waals surface area contributed by atoms with Gasteiger partial charge in [0.15, 0.2) is 5.01 Å². The third kappa shape index (κ3) is 3.32. The number of rotatable bonds is 5. The number of fused-ring (bicyclic) bond motifs is 1. The highest BCUT2D eigenvalue weighted by Crippen LogP contribution is 2.21. The van der Waals surface area contributed by atoms with Crippen LogP contribution in [0.2, 0.25) is 0 Å². The van der Waals surface area contributed by atoms with Gasteiger partial charge in [0.05, 0.1) is 16.3 Å². The van der Waals surface area contributed by atoms with E-state index in [1.165, 1.54) is 11.3 Å². The molecule has 2 N–H and O–H groups in total. The van der Waals surface area contributed by atoms with Crippen LogP contribution in [-0.2, 0) is 0 Å². The number of hydrogen-bond acceptors (Lipinski definition) is 4. The van der Waals surface area contributed by atoms with E-state index in [0.717, 1.165) is 15.8 Å². The van der Waals surface area contributed by atoms with Gasteiger partial charge in [-0.05, 0) is 24.1 Å². The van der Waals surface area contributed by atoms with Gasteiger partial charge in [0.1, 0.15) is 0 Å². The van der Waals surface area contributed by atoms with Crippen LogP contribution in [0.3, 0.4) is 0 Å². The highest BCUT2D eigenvalue weighted by Gasteiger charge is 2.12. The molecule has 0 fully saturated rings. The van der Waals surface area contributed by atoms with E-state index >= 15 is 0 Å². The number of aromatic nitrogens is 1. The molecule has 4 nitrogen and oxygen atoms in total. The van der Waals surface area contributed by atoms with Gasteiger partial charge in [-0.1, -0.05) is 42.5 Å². The molecule has 5 heteroatoms. The molecule has 0 aliphatic carbocycles. The van der Waals surface area contributed by atoms with Gasteiger partial charge in [0.25, 0.3) is 5.91 Å². The summed E-state index contributed by atoms with van der Waals surface area (Å²) in [6.07, 6.45) is -0.0995. The fourth-order valence-corrected chi connectivity index (χ4v) is 3.09. The van der Waals surface area contributed by atoms with Gasteiger partial charge in [0, 0.05) is 6.54 Å². The number of amides is 1. The number of benzene rings is 2. The van der Waals surface area contributed by atoms with Crippen LogP contribution in [0.1, 0.15) is 27.9 Å². The van der Waals surface area contributed by atoms with Crippen molar-refractivity contribution < 1.29 is 9.90 Å². The Labute approximate surface area is 132 Å². The summed E-state index contributed by atoms with van der Waals surface area (Å²) < 4.78 is 0.997. The monoisotopic (exact) mass is 312 g/mol. The first kappa shape index (κ1) is 14.7. The fraction of sp³-hybridized carbons (Fsp3) is 0.176. The minimum absolute atomic E-state index is 0.193. The first-order valence-corrected chi connectivity index (χ1v) is 7.92. The van der Waals surface area contributed by atoms with Crippen LogP contribution in [-0.4, -0.2) is 22.5 Å². The predicted octanol–water partition coefficient (Wildman–Crippen LogP) is 3.15. The van der Waals surface area contributed by atoms with Gasteiger partial charge >= 0.3 is 0 Å². The third-order valence-corrected chi connectivity index (χ3v) is 4.41. The van der Waals surface area contributed by atoms with E-state index in [1.807, 2.05) is 54.6 Å². The molecule has 2 aromatic carbocycles. The first-order valence-electron chi connectivity index (χ1n) is 7.11. The van der Waals surface area contributed by atoms with Crippen molar-refractivity contribution in [1.29, 1.82) is 0 Å². The van der Waals surface area contributed by atoms with E-state index < -0.39 is 6.10 Å². The summed E-state index contributed by atoms with van der Waals surface area (Å²) in [6, 6.07) is 17.1. The van der Waals surface area contributed by atoms with Crippen molar-refractivity contribution in [1.82, 2.24) is 10.3 Å². The molecule has 0 saturated carbocycles. The van der Waals surface area contributed by atoms with Crippen molar-refractivity contribution in [3.05, 3.63) is 65.2 Å². The van der Waals surface area contributed by atoms with Crippen molar-refractivity contribution in [2.45, 2.75) is 12.5 Å². The lowest BCUT2D eigenvalue weighted by Gasteiger charge is -2.10. The Kier molecular flexibility index (Phi) is 4.46. The van der Waals surface area contributed by atoms with Crippen LogP contribution in [0.5, 0.6) is 0 Å². The van der Waals surface area contributed by atoms with E-state index in [4.69, 9.17) is 0 Å². The number of carbonyl (C=O) groups is 1. The van der Waals surface area contributed by atoms with Crippen molar-refractivity contribution in [3.63, 3.8) is 0 Å². The summed E-state index contributed by atoms with van der Waals surface area (Å²) in [5, 5.41) is 13.3. The lowest BCUT2D eigenvalue weighted by molar-refractivity contribution is 0.0942. The number of thiazole rings is 1. The summed E-state index contributed by atoms with van der Waals surface area (Å²) in [5.41, 5.74) is 1.69. The van der Waals surface area contributed by atoms with E-state index in [1.54, 1.807) is 0 Å². The molecule has 0 spiro atoms.